The number of alkyl halides is 3. The monoisotopic (exact) mass is 520 g/mol. The molecule has 1 aliphatic carbocycles. The van der Waals surface area contributed by atoms with Crippen LogP contribution in [0.25, 0.3) is 0 Å². The Bertz CT molecular complexity index is 1360. The van der Waals surface area contributed by atoms with Crippen LogP contribution in [0.15, 0.2) is 41.6 Å². The zero-order valence-corrected chi connectivity index (χ0v) is 20.7. The van der Waals surface area contributed by atoms with Crippen molar-refractivity contribution < 1.29 is 22.4 Å². The number of hydrogen-bond acceptors (Lipinski definition) is 5. The Morgan fingerprint density at radius 2 is 1.97 bits per heavy atom. The van der Waals surface area contributed by atoms with Gasteiger partial charge in [-0.05, 0) is 54.6 Å². The molecular weight excluding hydrogens is 492 g/mol. The topological polar surface area (TPSA) is 93.8 Å². The molecule has 1 aliphatic rings. The highest BCUT2D eigenvalue weighted by molar-refractivity contribution is 6.04. The van der Waals surface area contributed by atoms with E-state index in [9.17, 15) is 27.2 Å². The van der Waals surface area contributed by atoms with Gasteiger partial charge in [0.15, 0.2) is 0 Å². The highest BCUT2D eigenvalue weighted by atomic mass is 19.4. The second kappa shape index (κ2) is 10.1. The summed E-state index contributed by atoms with van der Waals surface area (Å²) in [5.41, 5.74) is -1.30. The smallest absolute Gasteiger partial charge is 0.320 e. The third-order valence-corrected chi connectivity index (χ3v) is 6.62. The van der Waals surface area contributed by atoms with Crippen molar-refractivity contribution in [1.29, 1.82) is 0 Å². The van der Waals surface area contributed by atoms with E-state index in [0.717, 1.165) is 19.0 Å². The highest BCUT2D eigenvalue weighted by Crippen LogP contribution is 2.51. The van der Waals surface area contributed by atoms with Crippen LogP contribution in [0, 0.1) is 11.7 Å². The van der Waals surface area contributed by atoms with Gasteiger partial charge in [-0.1, -0.05) is 19.9 Å². The highest BCUT2D eigenvalue weighted by Gasteiger charge is 2.48. The standard InChI is InChI=1S/C25H28F4N6O2/c1-4-30-11-16-7-18(22(37)35(12-16)13-25(27,28)29)21(36)32-20-8-17(5-6-19(20)26)24(9-15(2)10-24)23-33-31-14-34(23)3/h5-8,12,14-15,30H,4,9-11,13H2,1-3H3,(H,32,36). The minimum absolute atomic E-state index is 0.150. The Balaban J connectivity index is 1.70. The van der Waals surface area contributed by atoms with Gasteiger partial charge in [-0.25, -0.2) is 4.39 Å². The molecule has 0 bridgehead atoms. The van der Waals surface area contributed by atoms with Gasteiger partial charge in [0.05, 0.1) is 11.1 Å². The molecule has 8 nitrogen and oxygen atoms in total. The molecule has 2 aromatic heterocycles. The molecule has 1 fully saturated rings. The lowest BCUT2D eigenvalue weighted by Crippen LogP contribution is -2.43. The van der Waals surface area contributed by atoms with Crippen molar-refractivity contribution in [3.05, 3.63) is 75.5 Å². The molecule has 0 saturated heterocycles. The first-order chi connectivity index (χ1) is 17.4. The van der Waals surface area contributed by atoms with Crippen molar-refractivity contribution in [1.82, 2.24) is 24.6 Å². The number of aryl methyl sites for hydroxylation is 1. The molecule has 2 heterocycles. The average molecular weight is 521 g/mol. The molecule has 0 aliphatic heterocycles. The maximum atomic E-state index is 14.8. The SMILES string of the molecule is CCNCc1cc(C(=O)Nc2cc(C3(c4nncn4C)CC(C)C3)ccc2F)c(=O)n(CC(F)(F)F)c1. The first-order valence-corrected chi connectivity index (χ1v) is 11.9. The largest absolute Gasteiger partial charge is 0.406 e. The van der Waals surface area contributed by atoms with Crippen LogP contribution in [-0.2, 0) is 25.6 Å². The Morgan fingerprint density at radius 1 is 1.24 bits per heavy atom. The van der Waals surface area contributed by atoms with E-state index in [1.54, 1.807) is 17.0 Å². The molecule has 4 rings (SSSR count). The molecular formula is C25H28F4N6O2. The van der Waals surface area contributed by atoms with E-state index in [4.69, 9.17) is 0 Å². The number of hydrogen-bond donors (Lipinski definition) is 2. The van der Waals surface area contributed by atoms with Crippen molar-refractivity contribution in [3.63, 3.8) is 0 Å². The quantitative estimate of drug-likeness (QED) is 0.442. The van der Waals surface area contributed by atoms with Gasteiger partial charge in [0, 0.05) is 19.8 Å². The number of benzene rings is 1. The summed E-state index contributed by atoms with van der Waals surface area (Å²) >= 11 is 0. The molecule has 198 valence electrons. The van der Waals surface area contributed by atoms with Crippen LogP contribution in [0.3, 0.4) is 0 Å². The van der Waals surface area contributed by atoms with Crippen LogP contribution in [0.1, 0.15) is 54.0 Å². The zero-order valence-electron chi connectivity index (χ0n) is 20.7. The molecule has 1 amide bonds. The van der Waals surface area contributed by atoms with Crippen LogP contribution in [0.2, 0.25) is 0 Å². The fraction of sp³-hybridized carbons (Fsp3) is 0.440. The zero-order chi connectivity index (χ0) is 27.0. The summed E-state index contributed by atoms with van der Waals surface area (Å²) in [6.45, 7) is 3.04. The van der Waals surface area contributed by atoms with E-state index < -0.39 is 41.0 Å². The Hall–Kier alpha value is -3.54. The van der Waals surface area contributed by atoms with Crippen LogP contribution in [0.4, 0.5) is 23.2 Å². The molecule has 0 unspecified atom stereocenters. The third-order valence-electron chi connectivity index (χ3n) is 6.62. The number of rotatable bonds is 8. The van der Waals surface area contributed by atoms with E-state index in [0.29, 0.717) is 34.0 Å². The van der Waals surface area contributed by atoms with E-state index in [1.807, 2.05) is 14.0 Å². The van der Waals surface area contributed by atoms with Gasteiger partial charge in [0.25, 0.3) is 11.5 Å². The Labute approximate surface area is 210 Å². The van der Waals surface area contributed by atoms with E-state index in [2.05, 4.69) is 27.8 Å². The van der Waals surface area contributed by atoms with Gasteiger partial charge in [-0.2, -0.15) is 13.2 Å². The fourth-order valence-corrected chi connectivity index (χ4v) is 5.04. The lowest BCUT2D eigenvalue weighted by atomic mass is 9.58. The summed E-state index contributed by atoms with van der Waals surface area (Å²) in [6, 6.07) is 5.56. The van der Waals surface area contributed by atoms with Crippen molar-refractivity contribution in [2.75, 3.05) is 11.9 Å². The number of anilines is 1. The summed E-state index contributed by atoms with van der Waals surface area (Å²) in [5.74, 6) is -0.631. The summed E-state index contributed by atoms with van der Waals surface area (Å²) < 4.78 is 56.3. The van der Waals surface area contributed by atoms with Crippen LogP contribution in [0.5, 0.6) is 0 Å². The number of nitrogens with zero attached hydrogens (tertiary/aromatic N) is 4. The molecule has 37 heavy (non-hydrogen) atoms. The fourth-order valence-electron chi connectivity index (χ4n) is 5.04. The van der Waals surface area contributed by atoms with Gasteiger partial charge in [0.1, 0.15) is 30.1 Å². The second-order valence-electron chi connectivity index (χ2n) is 9.60. The van der Waals surface area contributed by atoms with Crippen LogP contribution >= 0.6 is 0 Å². The summed E-state index contributed by atoms with van der Waals surface area (Å²) in [4.78, 5) is 25.9. The maximum absolute atomic E-state index is 14.8. The summed E-state index contributed by atoms with van der Waals surface area (Å²) in [6.07, 6.45) is -0.527. The number of halogens is 4. The molecule has 1 aromatic carbocycles. The number of carbonyl (C=O) groups excluding carboxylic acids is 1. The van der Waals surface area contributed by atoms with E-state index >= 15 is 0 Å². The van der Waals surface area contributed by atoms with Gasteiger partial charge >= 0.3 is 6.18 Å². The van der Waals surface area contributed by atoms with Gasteiger partial charge < -0.3 is 19.8 Å². The first kappa shape index (κ1) is 26.5. The van der Waals surface area contributed by atoms with Crippen LogP contribution in [-0.4, -0.2) is 38.0 Å². The van der Waals surface area contributed by atoms with Crippen LogP contribution < -0.4 is 16.2 Å². The van der Waals surface area contributed by atoms with Crippen molar-refractivity contribution in [2.24, 2.45) is 13.0 Å². The van der Waals surface area contributed by atoms with Gasteiger partial charge in [-0.15, -0.1) is 10.2 Å². The predicted molar refractivity (Wildman–Crippen MR) is 129 cm³/mol. The maximum Gasteiger partial charge on any atom is 0.406 e. The molecule has 2 N–H and O–H groups in total. The third kappa shape index (κ3) is 5.43. The lowest BCUT2D eigenvalue weighted by molar-refractivity contribution is -0.141. The molecule has 3 aromatic rings. The number of pyridine rings is 1. The normalized spacial score (nSPS) is 19.5. The number of aromatic nitrogens is 4. The van der Waals surface area contributed by atoms with Crippen molar-refractivity contribution in [2.45, 2.75) is 51.4 Å². The van der Waals surface area contributed by atoms with E-state index in [-0.39, 0.29) is 12.2 Å². The van der Waals surface area contributed by atoms with Crippen molar-refractivity contribution >= 4 is 11.6 Å². The minimum atomic E-state index is -4.66. The first-order valence-electron chi connectivity index (χ1n) is 11.9. The second-order valence-corrected chi connectivity index (χ2v) is 9.60. The summed E-state index contributed by atoms with van der Waals surface area (Å²) in [5, 5.41) is 13.6. The minimum Gasteiger partial charge on any atom is -0.320 e. The lowest BCUT2D eigenvalue weighted by Gasteiger charge is -2.46. The molecule has 0 atom stereocenters. The van der Waals surface area contributed by atoms with E-state index in [1.165, 1.54) is 18.2 Å². The van der Waals surface area contributed by atoms with Gasteiger partial charge in [-0.3, -0.25) is 9.59 Å². The predicted octanol–water partition coefficient (Wildman–Crippen LogP) is 3.76. The number of amides is 1. The summed E-state index contributed by atoms with van der Waals surface area (Å²) in [7, 11) is 1.82. The van der Waals surface area contributed by atoms with Crippen molar-refractivity contribution in [3.8, 4) is 0 Å². The Morgan fingerprint density at radius 3 is 2.57 bits per heavy atom. The molecule has 1 saturated carbocycles. The Kier molecular flexibility index (Phi) is 7.22. The number of carbonyl (C=O) groups is 1. The van der Waals surface area contributed by atoms with Gasteiger partial charge in [0.2, 0.25) is 0 Å². The molecule has 0 spiro atoms. The number of nitrogens with one attached hydrogen (secondary N) is 2. The molecule has 12 heteroatoms. The molecule has 0 radical (unpaired) electrons. The average Bonchev–Trinajstić information content (AvgIpc) is 3.23.